The lowest BCUT2D eigenvalue weighted by atomic mass is 10.0. The van der Waals surface area contributed by atoms with Gasteiger partial charge in [-0.05, 0) is 34.8 Å². The molecule has 146 valence electrons. The van der Waals surface area contributed by atoms with Crippen molar-refractivity contribution < 1.29 is 4.79 Å². The maximum absolute atomic E-state index is 12.9. The van der Waals surface area contributed by atoms with Crippen LogP contribution in [0.1, 0.15) is 36.3 Å². The van der Waals surface area contributed by atoms with E-state index < -0.39 is 0 Å². The number of nitrogens with one attached hydrogen (secondary N) is 1. The fourth-order valence-corrected chi connectivity index (χ4v) is 4.84. The van der Waals surface area contributed by atoms with Crippen LogP contribution in [0.2, 0.25) is 0 Å². The van der Waals surface area contributed by atoms with E-state index in [2.05, 4.69) is 32.1 Å². The van der Waals surface area contributed by atoms with Gasteiger partial charge in [0.15, 0.2) is 0 Å². The fourth-order valence-electron chi connectivity index (χ4n) is 4.37. The van der Waals surface area contributed by atoms with Crippen LogP contribution in [0, 0.1) is 0 Å². The summed E-state index contributed by atoms with van der Waals surface area (Å²) >= 11 is 3.59. The molecule has 3 aromatic rings. The van der Waals surface area contributed by atoms with E-state index in [4.69, 9.17) is 0 Å². The molecule has 0 saturated heterocycles. The number of aromatic amines is 1. The highest BCUT2D eigenvalue weighted by Gasteiger charge is 2.26. The number of H-pyrrole nitrogens is 1. The standard InChI is InChI=1S/C20H22BrN5O2/c21-15-6-4-5-13-14-11-24(10-8-16(14)22-19(13)15)18(27)12-26-20(28)25-9-3-1-2-7-17(25)23-26/h4-6,22H,1-3,7-12H2. The Balaban J connectivity index is 1.38. The molecule has 2 aliphatic heterocycles. The molecule has 0 unspecified atom stereocenters. The number of halogens is 1. The van der Waals surface area contributed by atoms with Gasteiger partial charge in [0.05, 0.1) is 5.52 Å². The van der Waals surface area contributed by atoms with E-state index >= 15 is 0 Å². The lowest BCUT2D eigenvalue weighted by Gasteiger charge is -2.27. The second-order valence-electron chi connectivity index (χ2n) is 7.63. The Morgan fingerprint density at radius 2 is 2.07 bits per heavy atom. The minimum absolute atomic E-state index is 0.0141. The third-order valence-electron chi connectivity index (χ3n) is 5.88. The Hall–Kier alpha value is -2.35. The van der Waals surface area contributed by atoms with Crippen LogP contribution >= 0.6 is 15.9 Å². The van der Waals surface area contributed by atoms with Crippen LogP contribution in [0.5, 0.6) is 0 Å². The summed E-state index contributed by atoms with van der Waals surface area (Å²) in [7, 11) is 0. The number of aryl methyl sites for hydroxylation is 1. The van der Waals surface area contributed by atoms with Crippen LogP contribution in [-0.4, -0.2) is 36.7 Å². The summed E-state index contributed by atoms with van der Waals surface area (Å²) in [6, 6.07) is 6.11. The van der Waals surface area contributed by atoms with E-state index in [-0.39, 0.29) is 18.1 Å². The summed E-state index contributed by atoms with van der Waals surface area (Å²) in [4.78, 5) is 30.9. The Bertz CT molecular complexity index is 1130. The summed E-state index contributed by atoms with van der Waals surface area (Å²) < 4.78 is 4.12. The molecule has 5 rings (SSSR count). The number of para-hydroxylation sites is 1. The van der Waals surface area contributed by atoms with Gasteiger partial charge in [0, 0.05) is 53.6 Å². The number of carbonyl (C=O) groups excluding carboxylic acids is 1. The van der Waals surface area contributed by atoms with Crippen molar-refractivity contribution in [3.05, 3.63) is 50.2 Å². The van der Waals surface area contributed by atoms with Crippen LogP contribution in [0.4, 0.5) is 0 Å². The maximum Gasteiger partial charge on any atom is 0.346 e. The molecule has 2 aromatic heterocycles. The molecule has 0 radical (unpaired) electrons. The third kappa shape index (κ3) is 2.90. The first-order valence-corrected chi connectivity index (χ1v) is 10.6. The summed E-state index contributed by atoms with van der Waals surface area (Å²) in [5.74, 6) is 0.767. The summed E-state index contributed by atoms with van der Waals surface area (Å²) in [6.45, 7) is 1.94. The molecular weight excluding hydrogens is 422 g/mol. The van der Waals surface area contributed by atoms with Gasteiger partial charge in [0.1, 0.15) is 12.4 Å². The third-order valence-corrected chi connectivity index (χ3v) is 6.54. The van der Waals surface area contributed by atoms with Crippen molar-refractivity contribution in [2.45, 2.75) is 51.7 Å². The fraction of sp³-hybridized carbons (Fsp3) is 0.450. The lowest BCUT2D eigenvalue weighted by molar-refractivity contribution is -0.133. The molecule has 4 heterocycles. The van der Waals surface area contributed by atoms with Crippen LogP contribution in [0.3, 0.4) is 0 Å². The second-order valence-corrected chi connectivity index (χ2v) is 8.48. The van der Waals surface area contributed by atoms with Gasteiger partial charge in [0.2, 0.25) is 5.91 Å². The molecule has 0 fully saturated rings. The van der Waals surface area contributed by atoms with Crippen molar-refractivity contribution in [3.63, 3.8) is 0 Å². The van der Waals surface area contributed by atoms with Crippen molar-refractivity contribution >= 4 is 32.7 Å². The van der Waals surface area contributed by atoms with Gasteiger partial charge in [-0.15, -0.1) is 0 Å². The predicted octanol–water partition coefficient (Wildman–Crippen LogP) is 2.60. The van der Waals surface area contributed by atoms with E-state index in [1.807, 2.05) is 17.0 Å². The molecule has 1 amide bonds. The molecule has 28 heavy (non-hydrogen) atoms. The quantitative estimate of drug-likeness (QED) is 0.661. The molecule has 0 bridgehead atoms. The Labute approximate surface area is 170 Å². The Kier molecular flexibility index (Phi) is 4.38. The van der Waals surface area contributed by atoms with Gasteiger partial charge in [-0.2, -0.15) is 5.10 Å². The molecular formula is C20H22BrN5O2. The number of amides is 1. The summed E-state index contributed by atoms with van der Waals surface area (Å²) in [5, 5.41) is 5.59. The zero-order valence-electron chi connectivity index (χ0n) is 15.6. The topological polar surface area (TPSA) is 75.9 Å². The van der Waals surface area contributed by atoms with Crippen LogP contribution in [-0.2, 0) is 37.3 Å². The summed E-state index contributed by atoms with van der Waals surface area (Å²) in [5.41, 5.74) is 3.29. The average molecular weight is 444 g/mol. The largest absolute Gasteiger partial charge is 0.357 e. The van der Waals surface area contributed by atoms with Crippen LogP contribution in [0.15, 0.2) is 27.5 Å². The van der Waals surface area contributed by atoms with E-state index in [9.17, 15) is 9.59 Å². The number of aromatic nitrogens is 4. The highest BCUT2D eigenvalue weighted by Crippen LogP contribution is 2.31. The predicted molar refractivity (Wildman–Crippen MR) is 109 cm³/mol. The van der Waals surface area contributed by atoms with E-state index in [1.54, 1.807) is 4.57 Å². The molecule has 1 aromatic carbocycles. The first-order valence-electron chi connectivity index (χ1n) is 9.84. The minimum Gasteiger partial charge on any atom is -0.357 e. The van der Waals surface area contributed by atoms with Crippen molar-refractivity contribution in [1.82, 2.24) is 24.2 Å². The van der Waals surface area contributed by atoms with E-state index in [1.165, 1.54) is 15.9 Å². The number of nitrogens with zero attached hydrogens (tertiary/aromatic N) is 4. The zero-order valence-corrected chi connectivity index (χ0v) is 17.2. The summed E-state index contributed by atoms with van der Waals surface area (Å²) in [6.07, 6.45) is 4.77. The number of benzene rings is 1. The van der Waals surface area contributed by atoms with E-state index in [0.29, 0.717) is 19.6 Å². The number of hydrogen-bond donors (Lipinski definition) is 1. The first kappa shape index (κ1) is 17.7. The van der Waals surface area contributed by atoms with Gasteiger partial charge in [-0.25, -0.2) is 9.48 Å². The molecule has 0 atom stereocenters. The molecule has 0 saturated carbocycles. The normalized spacial score (nSPS) is 16.7. The van der Waals surface area contributed by atoms with Gasteiger partial charge in [0.25, 0.3) is 0 Å². The average Bonchev–Trinajstić information content (AvgIpc) is 3.10. The Morgan fingerprint density at radius 3 is 2.96 bits per heavy atom. The number of carbonyl (C=O) groups is 1. The molecule has 8 heteroatoms. The van der Waals surface area contributed by atoms with Crippen molar-refractivity contribution in [3.8, 4) is 0 Å². The molecule has 7 nitrogen and oxygen atoms in total. The second kappa shape index (κ2) is 6.92. The highest BCUT2D eigenvalue weighted by atomic mass is 79.9. The van der Waals surface area contributed by atoms with Crippen LogP contribution < -0.4 is 5.69 Å². The van der Waals surface area contributed by atoms with Crippen molar-refractivity contribution in [2.24, 2.45) is 0 Å². The number of rotatable bonds is 2. The van der Waals surface area contributed by atoms with E-state index in [0.717, 1.165) is 53.3 Å². The number of hydrogen-bond acceptors (Lipinski definition) is 3. The molecule has 0 spiro atoms. The lowest BCUT2D eigenvalue weighted by Crippen LogP contribution is -2.40. The molecule has 2 aliphatic rings. The first-order chi connectivity index (χ1) is 13.6. The van der Waals surface area contributed by atoms with Gasteiger partial charge < -0.3 is 9.88 Å². The van der Waals surface area contributed by atoms with Crippen molar-refractivity contribution in [1.29, 1.82) is 0 Å². The van der Waals surface area contributed by atoms with Gasteiger partial charge >= 0.3 is 5.69 Å². The monoisotopic (exact) mass is 443 g/mol. The SMILES string of the molecule is O=C(Cn1nc2n(c1=O)CCCCC2)N1CCc2[nH]c3c(Br)cccc3c2C1. The Morgan fingerprint density at radius 1 is 1.18 bits per heavy atom. The molecule has 1 N–H and O–H groups in total. The van der Waals surface area contributed by atoms with Gasteiger partial charge in [-0.3, -0.25) is 9.36 Å². The zero-order chi connectivity index (χ0) is 19.3. The highest BCUT2D eigenvalue weighted by molar-refractivity contribution is 9.10. The van der Waals surface area contributed by atoms with Crippen molar-refractivity contribution in [2.75, 3.05) is 6.54 Å². The molecule has 0 aliphatic carbocycles. The smallest absolute Gasteiger partial charge is 0.346 e. The van der Waals surface area contributed by atoms with Crippen LogP contribution in [0.25, 0.3) is 10.9 Å². The van der Waals surface area contributed by atoms with Gasteiger partial charge in [-0.1, -0.05) is 18.6 Å². The maximum atomic E-state index is 12.9. The minimum atomic E-state index is -0.154. The number of fused-ring (bicyclic) bond motifs is 4.